The van der Waals surface area contributed by atoms with E-state index in [2.05, 4.69) is 24.8 Å². The van der Waals surface area contributed by atoms with E-state index in [-0.39, 0.29) is 5.82 Å². The van der Waals surface area contributed by atoms with Gasteiger partial charge in [0.25, 0.3) is 0 Å². The molecule has 0 amide bonds. The number of hydrogen-bond donors (Lipinski definition) is 1. The summed E-state index contributed by atoms with van der Waals surface area (Å²) in [6.45, 7) is 0.701. The van der Waals surface area contributed by atoms with Gasteiger partial charge in [-0.2, -0.15) is 13.2 Å². The van der Waals surface area contributed by atoms with Gasteiger partial charge in [-0.05, 0) is 44.6 Å². The number of benzene rings is 1. The minimum Gasteiger partial charge on any atom is -0.354 e. The molecule has 200 valence electrons. The molecule has 0 saturated heterocycles. The zero-order valence-corrected chi connectivity index (χ0v) is 21.9. The van der Waals surface area contributed by atoms with Crippen molar-refractivity contribution in [2.75, 3.05) is 14.1 Å². The second kappa shape index (κ2) is 9.60. The van der Waals surface area contributed by atoms with Gasteiger partial charge in [-0.15, -0.1) is 0 Å². The molecule has 0 spiro atoms. The van der Waals surface area contributed by atoms with E-state index in [1.165, 1.54) is 4.57 Å². The summed E-state index contributed by atoms with van der Waals surface area (Å²) in [5, 5.41) is 0. The molecule has 1 N–H and O–H groups in total. The summed E-state index contributed by atoms with van der Waals surface area (Å²) >= 11 is 0. The number of imidazole rings is 1. The van der Waals surface area contributed by atoms with Crippen molar-refractivity contribution in [3.05, 3.63) is 83.2 Å². The highest BCUT2D eigenvalue weighted by atomic mass is 19.4. The quantitative estimate of drug-likeness (QED) is 0.280. The van der Waals surface area contributed by atoms with E-state index in [0.717, 1.165) is 58.2 Å². The number of hydrogen-bond acceptors (Lipinski definition) is 5. The second-order valence-electron chi connectivity index (χ2n) is 10.4. The second-order valence-corrected chi connectivity index (χ2v) is 10.4. The first-order chi connectivity index (χ1) is 18.7. The average Bonchev–Trinajstić information content (AvgIpc) is 3.59. The van der Waals surface area contributed by atoms with Crippen LogP contribution in [-0.2, 0) is 26.2 Å². The van der Waals surface area contributed by atoms with E-state index in [1.807, 2.05) is 62.9 Å². The van der Waals surface area contributed by atoms with Crippen molar-refractivity contribution in [1.82, 2.24) is 34.4 Å². The molecule has 6 rings (SSSR count). The molecule has 4 aromatic heterocycles. The van der Waals surface area contributed by atoms with Gasteiger partial charge in [-0.3, -0.25) is 4.98 Å². The maximum atomic E-state index is 13.1. The molecule has 39 heavy (non-hydrogen) atoms. The monoisotopic (exact) mass is 531 g/mol. The number of rotatable bonds is 7. The lowest BCUT2D eigenvalue weighted by molar-refractivity contribution is -0.140. The fourth-order valence-corrected chi connectivity index (χ4v) is 4.99. The molecule has 0 bridgehead atoms. The molecular formula is C29H28F3N7. The van der Waals surface area contributed by atoms with Crippen LogP contribution in [0.15, 0.2) is 55.0 Å². The van der Waals surface area contributed by atoms with Crippen LogP contribution in [0.25, 0.3) is 33.8 Å². The van der Waals surface area contributed by atoms with Crippen LogP contribution in [0, 0.1) is 0 Å². The predicted octanol–water partition coefficient (Wildman–Crippen LogP) is 5.97. The van der Waals surface area contributed by atoms with Gasteiger partial charge in [0.15, 0.2) is 11.5 Å². The van der Waals surface area contributed by atoms with E-state index in [4.69, 9.17) is 4.98 Å². The summed E-state index contributed by atoms with van der Waals surface area (Å²) in [5.74, 6) is 1.41. The molecular weight excluding hydrogens is 503 g/mol. The molecule has 4 heterocycles. The van der Waals surface area contributed by atoms with Crippen LogP contribution in [0.5, 0.6) is 0 Å². The third-order valence-corrected chi connectivity index (χ3v) is 7.00. The number of halogens is 3. The third-order valence-electron chi connectivity index (χ3n) is 7.00. The number of pyridine rings is 1. The maximum Gasteiger partial charge on any atom is 0.434 e. The minimum atomic E-state index is -4.48. The van der Waals surface area contributed by atoms with Crippen molar-refractivity contribution >= 4 is 11.0 Å². The Hall–Kier alpha value is -4.05. The molecule has 10 heteroatoms. The van der Waals surface area contributed by atoms with Gasteiger partial charge in [-0.1, -0.05) is 24.3 Å². The summed E-state index contributed by atoms with van der Waals surface area (Å²) in [6, 6.07) is 11.5. The normalized spacial score (nSPS) is 14.0. The highest BCUT2D eigenvalue weighted by Crippen LogP contribution is 2.42. The first-order valence-corrected chi connectivity index (χ1v) is 12.8. The van der Waals surface area contributed by atoms with Gasteiger partial charge in [0, 0.05) is 60.7 Å². The molecule has 1 aliphatic rings. The van der Waals surface area contributed by atoms with Gasteiger partial charge < -0.3 is 14.5 Å². The van der Waals surface area contributed by atoms with Crippen molar-refractivity contribution in [3.63, 3.8) is 0 Å². The topological polar surface area (TPSA) is 75.5 Å². The van der Waals surface area contributed by atoms with Crippen molar-refractivity contribution in [2.45, 2.75) is 37.9 Å². The van der Waals surface area contributed by atoms with Crippen LogP contribution in [0.2, 0.25) is 0 Å². The number of aromatic amines is 1. The Labute approximate surface area is 223 Å². The summed E-state index contributed by atoms with van der Waals surface area (Å²) in [5.41, 5.74) is 6.63. The molecule has 7 nitrogen and oxygen atoms in total. The number of fused-ring (bicyclic) bond motifs is 1. The standard InChI is InChI=1S/C29H28F3N7/c1-38(2)15-23-21(13-17-6-8-19(9-7-17)28-36-24(16-39(28)3)29(30,31)32)26-22(35-23)14-34-27(37-26)20-5-4-12-33-25(20)18-10-11-18/h4-9,12,14,16,18,35H,10-11,13,15H2,1-3H3. The molecule has 1 saturated carbocycles. The molecule has 0 atom stereocenters. The van der Waals surface area contributed by atoms with E-state index in [9.17, 15) is 13.2 Å². The fraction of sp³-hybridized carbons (Fsp3) is 0.310. The highest BCUT2D eigenvalue weighted by molar-refractivity contribution is 5.82. The summed E-state index contributed by atoms with van der Waals surface area (Å²) in [7, 11) is 5.60. The molecule has 0 aliphatic heterocycles. The van der Waals surface area contributed by atoms with Crippen LogP contribution in [0.3, 0.4) is 0 Å². The summed E-state index contributed by atoms with van der Waals surface area (Å²) in [4.78, 5) is 23.7. The van der Waals surface area contributed by atoms with Crippen LogP contribution < -0.4 is 0 Å². The smallest absolute Gasteiger partial charge is 0.354 e. The van der Waals surface area contributed by atoms with Crippen LogP contribution >= 0.6 is 0 Å². The van der Waals surface area contributed by atoms with Crippen LogP contribution in [0.4, 0.5) is 13.2 Å². The zero-order valence-electron chi connectivity index (χ0n) is 21.9. The zero-order chi connectivity index (χ0) is 27.3. The largest absolute Gasteiger partial charge is 0.434 e. The maximum absolute atomic E-state index is 13.1. The van der Waals surface area contributed by atoms with Crippen LogP contribution in [0.1, 0.15) is 47.0 Å². The number of alkyl halides is 3. The molecule has 0 radical (unpaired) electrons. The van der Waals surface area contributed by atoms with E-state index in [1.54, 1.807) is 7.05 Å². The lowest BCUT2D eigenvalue weighted by Crippen LogP contribution is -2.12. The highest BCUT2D eigenvalue weighted by Gasteiger charge is 2.34. The fourth-order valence-electron chi connectivity index (χ4n) is 4.99. The number of aromatic nitrogens is 6. The number of nitrogens with zero attached hydrogens (tertiary/aromatic N) is 6. The number of aryl methyl sites for hydroxylation is 1. The Morgan fingerprint density at radius 2 is 1.82 bits per heavy atom. The van der Waals surface area contributed by atoms with E-state index in [0.29, 0.717) is 30.3 Å². The summed E-state index contributed by atoms with van der Waals surface area (Å²) < 4.78 is 40.8. The Morgan fingerprint density at radius 1 is 1.05 bits per heavy atom. The molecule has 1 fully saturated rings. The minimum absolute atomic E-state index is 0.273. The van der Waals surface area contributed by atoms with Gasteiger partial charge in [0.05, 0.1) is 22.9 Å². The Balaban J connectivity index is 1.36. The average molecular weight is 532 g/mol. The Bertz CT molecular complexity index is 1640. The lowest BCUT2D eigenvalue weighted by atomic mass is 10.0. The van der Waals surface area contributed by atoms with Crippen molar-refractivity contribution in [3.8, 4) is 22.8 Å². The molecule has 1 aromatic carbocycles. The number of nitrogens with one attached hydrogen (secondary N) is 1. The number of H-pyrrole nitrogens is 1. The molecule has 5 aromatic rings. The molecule has 1 aliphatic carbocycles. The Kier molecular flexibility index (Phi) is 6.22. The predicted molar refractivity (Wildman–Crippen MR) is 143 cm³/mol. The van der Waals surface area contributed by atoms with E-state index >= 15 is 0 Å². The van der Waals surface area contributed by atoms with Crippen molar-refractivity contribution < 1.29 is 13.2 Å². The third kappa shape index (κ3) is 5.04. The van der Waals surface area contributed by atoms with Gasteiger partial charge in [-0.25, -0.2) is 15.0 Å². The van der Waals surface area contributed by atoms with Gasteiger partial charge >= 0.3 is 6.18 Å². The first-order valence-electron chi connectivity index (χ1n) is 12.8. The first kappa shape index (κ1) is 25.2. The van der Waals surface area contributed by atoms with E-state index < -0.39 is 11.9 Å². The SMILES string of the molecule is CN(C)Cc1[nH]c2cnc(-c3cccnc3C3CC3)nc2c1Cc1ccc(-c2nc(C(F)(F)F)cn2C)cc1. The van der Waals surface area contributed by atoms with Gasteiger partial charge in [0.1, 0.15) is 5.82 Å². The lowest BCUT2D eigenvalue weighted by Gasteiger charge is -2.11. The van der Waals surface area contributed by atoms with Crippen molar-refractivity contribution in [2.24, 2.45) is 7.05 Å². The molecule has 0 unspecified atom stereocenters. The van der Waals surface area contributed by atoms with Gasteiger partial charge in [0.2, 0.25) is 0 Å². The van der Waals surface area contributed by atoms with Crippen LogP contribution in [-0.4, -0.2) is 48.5 Å². The Morgan fingerprint density at radius 3 is 2.49 bits per heavy atom. The van der Waals surface area contributed by atoms with Crippen molar-refractivity contribution in [1.29, 1.82) is 0 Å². The summed E-state index contributed by atoms with van der Waals surface area (Å²) in [6.07, 6.45) is 3.08.